The first-order chi connectivity index (χ1) is 7.72. The molecule has 4 nitrogen and oxygen atoms in total. The molecule has 1 aromatic rings. The van der Waals surface area contributed by atoms with Gasteiger partial charge < -0.3 is 10.1 Å². The second kappa shape index (κ2) is 4.10. The van der Waals surface area contributed by atoms with Crippen molar-refractivity contribution in [3.63, 3.8) is 0 Å². The van der Waals surface area contributed by atoms with Crippen molar-refractivity contribution >= 4 is 29.7 Å². The van der Waals surface area contributed by atoms with Crippen LogP contribution in [0.4, 0.5) is 5.69 Å². The number of benzene rings is 1. The van der Waals surface area contributed by atoms with E-state index in [1.54, 1.807) is 30.4 Å². The van der Waals surface area contributed by atoms with Crippen molar-refractivity contribution in [2.24, 2.45) is 0 Å². The van der Waals surface area contributed by atoms with E-state index in [9.17, 15) is 14.4 Å². The fourth-order valence-electron chi connectivity index (χ4n) is 1.53. The van der Waals surface area contributed by atoms with Crippen LogP contribution in [0.25, 0.3) is 6.08 Å². The molecule has 0 atom stereocenters. The third-order valence-electron chi connectivity index (χ3n) is 2.29. The average Bonchev–Trinajstić information content (AvgIpc) is 2.55. The second-order valence-corrected chi connectivity index (χ2v) is 3.39. The average molecular weight is 215 g/mol. The van der Waals surface area contributed by atoms with Crippen LogP contribution in [0.15, 0.2) is 24.3 Å². The molecule has 0 saturated heterocycles. The van der Waals surface area contributed by atoms with Crippen LogP contribution in [-0.2, 0) is 9.59 Å². The number of amides is 1. The van der Waals surface area contributed by atoms with E-state index in [2.05, 4.69) is 5.32 Å². The molecule has 0 saturated carbocycles. The van der Waals surface area contributed by atoms with Crippen molar-refractivity contribution in [2.75, 3.05) is 5.32 Å². The highest BCUT2D eigenvalue weighted by atomic mass is 16.2. The van der Waals surface area contributed by atoms with E-state index in [0.29, 0.717) is 17.7 Å². The lowest BCUT2D eigenvalue weighted by atomic mass is 10.1. The SMILES string of the molecule is O=CCC=Cc1ccc2c(c1)NC(=O)C2=O. The van der Waals surface area contributed by atoms with Gasteiger partial charge in [-0.3, -0.25) is 9.59 Å². The molecule has 1 heterocycles. The number of anilines is 1. The van der Waals surface area contributed by atoms with Crippen molar-refractivity contribution in [3.8, 4) is 0 Å². The maximum atomic E-state index is 11.3. The summed E-state index contributed by atoms with van der Waals surface area (Å²) in [6.45, 7) is 0. The van der Waals surface area contributed by atoms with Crippen LogP contribution in [0.2, 0.25) is 0 Å². The highest BCUT2D eigenvalue weighted by Crippen LogP contribution is 2.24. The number of hydrogen-bond acceptors (Lipinski definition) is 3. The number of rotatable bonds is 3. The molecule has 0 aromatic heterocycles. The van der Waals surface area contributed by atoms with Gasteiger partial charge in [-0.15, -0.1) is 0 Å². The first-order valence-electron chi connectivity index (χ1n) is 4.82. The van der Waals surface area contributed by atoms with E-state index in [4.69, 9.17) is 0 Å². The molecule has 0 aliphatic carbocycles. The molecule has 1 N–H and O–H groups in total. The zero-order valence-electron chi connectivity index (χ0n) is 8.40. The molecule has 1 aliphatic rings. The fraction of sp³-hybridized carbons (Fsp3) is 0.0833. The molecule has 2 rings (SSSR count). The van der Waals surface area contributed by atoms with E-state index >= 15 is 0 Å². The summed E-state index contributed by atoms with van der Waals surface area (Å²) in [7, 11) is 0. The summed E-state index contributed by atoms with van der Waals surface area (Å²) in [5, 5.41) is 2.49. The van der Waals surface area contributed by atoms with E-state index in [0.717, 1.165) is 11.8 Å². The van der Waals surface area contributed by atoms with Gasteiger partial charge in [-0.2, -0.15) is 0 Å². The van der Waals surface area contributed by atoms with Crippen LogP contribution in [0.1, 0.15) is 22.3 Å². The normalized spacial score (nSPS) is 14.0. The van der Waals surface area contributed by atoms with Gasteiger partial charge in [0.15, 0.2) is 0 Å². The Morgan fingerprint density at radius 2 is 2.06 bits per heavy atom. The Morgan fingerprint density at radius 3 is 2.81 bits per heavy atom. The third kappa shape index (κ3) is 1.77. The summed E-state index contributed by atoms with van der Waals surface area (Å²) in [4.78, 5) is 32.5. The lowest BCUT2D eigenvalue weighted by Gasteiger charge is -1.98. The van der Waals surface area contributed by atoms with E-state index < -0.39 is 11.7 Å². The molecule has 1 aromatic carbocycles. The highest BCUT2D eigenvalue weighted by molar-refractivity contribution is 6.51. The molecule has 80 valence electrons. The summed E-state index contributed by atoms with van der Waals surface area (Å²) >= 11 is 0. The summed E-state index contributed by atoms with van der Waals surface area (Å²) in [5.41, 5.74) is 1.77. The van der Waals surface area contributed by atoms with Gasteiger partial charge in [0.25, 0.3) is 11.7 Å². The lowest BCUT2D eigenvalue weighted by Crippen LogP contribution is -2.12. The molecular formula is C12H9NO3. The summed E-state index contributed by atoms with van der Waals surface area (Å²) in [5.74, 6) is -1.09. The molecule has 0 unspecified atom stereocenters. The van der Waals surface area contributed by atoms with Gasteiger partial charge in [-0.05, 0) is 17.7 Å². The first kappa shape index (κ1) is 10.3. The molecule has 1 amide bonds. The van der Waals surface area contributed by atoms with Gasteiger partial charge in [-0.1, -0.05) is 18.2 Å². The number of nitrogens with one attached hydrogen (secondary N) is 1. The summed E-state index contributed by atoms with van der Waals surface area (Å²) in [6, 6.07) is 5.05. The van der Waals surface area contributed by atoms with Crippen LogP contribution in [0, 0.1) is 0 Å². The Hall–Kier alpha value is -2.23. The second-order valence-electron chi connectivity index (χ2n) is 3.39. The topological polar surface area (TPSA) is 63.2 Å². The first-order valence-corrected chi connectivity index (χ1v) is 4.82. The Kier molecular flexibility index (Phi) is 2.64. The molecule has 4 heteroatoms. The number of carbonyl (C=O) groups is 3. The van der Waals surface area contributed by atoms with Crippen molar-refractivity contribution in [1.29, 1.82) is 0 Å². The van der Waals surface area contributed by atoms with Crippen LogP contribution in [0.5, 0.6) is 0 Å². The van der Waals surface area contributed by atoms with Crippen LogP contribution in [0.3, 0.4) is 0 Å². The van der Waals surface area contributed by atoms with Crippen LogP contribution in [-0.4, -0.2) is 18.0 Å². The molecule has 0 fully saturated rings. The molecule has 0 bridgehead atoms. The molecule has 0 spiro atoms. The maximum absolute atomic E-state index is 11.3. The predicted octanol–water partition coefficient (Wildman–Crippen LogP) is 1.42. The molecule has 16 heavy (non-hydrogen) atoms. The monoisotopic (exact) mass is 215 g/mol. The van der Waals surface area contributed by atoms with Crippen molar-refractivity contribution < 1.29 is 14.4 Å². The zero-order valence-corrected chi connectivity index (χ0v) is 8.40. The molecular weight excluding hydrogens is 206 g/mol. The zero-order chi connectivity index (χ0) is 11.5. The van der Waals surface area contributed by atoms with Gasteiger partial charge in [0.05, 0.1) is 11.3 Å². The Balaban J connectivity index is 2.28. The number of hydrogen-bond donors (Lipinski definition) is 1. The predicted molar refractivity (Wildman–Crippen MR) is 59.1 cm³/mol. The molecule has 0 radical (unpaired) electrons. The Morgan fingerprint density at radius 1 is 1.25 bits per heavy atom. The van der Waals surface area contributed by atoms with E-state index in [-0.39, 0.29) is 0 Å². The summed E-state index contributed by atoms with van der Waals surface area (Å²) < 4.78 is 0. The number of allylic oxidation sites excluding steroid dienone is 1. The quantitative estimate of drug-likeness (QED) is 0.612. The van der Waals surface area contributed by atoms with Crippen molar-refractivity contribution in [1.82, 2.24) is 0 Å². The van der Waals surface area contributed by atoms with Gasteiger partial charge in [-0.25, -0.2) is 0 Å². The van der Waals surface area contributed by atoms with Gasteiger partial charge >= 0.3 is 0 Å². The Labute approximate surface area is 92.0 Å². The number of ketones is 1. The number of fused-ring (bicyclic) bond motifs is 1. The number of Topliss-reactive ketones (excluding diaryl/α,β-unsaturated/α-hetero) is 1. The van der Waals surface area contributed by atoms with Gasteiger partial charge in [0.1, 0.15) is 6.29 Å². The smallest absolute Gasteiger partial charge is 0.296 e. The summed E-state index contributed by atoms with van der Waals surface area (Å²) in [6.07, 6.45) is 4.63. The minimum atomic E-state index is -0.593. The number of carbonyl (C=O) groups excluding carboxylic acids is 3. The van der Waals surface area contributed by atoms with E-state index in [1.165, 1.54) is 0 Å². The third-order valence-corrected chi connectivity index (χ3v) is 2.29. The van der Waals surface area contributed by atoms with Crippen LogP contribution >= 0.6 is 0 Å². The fourth-order valence-corrected chi connectivity index (χ4v) is 1.53. The van der Waals surface area contributed by atoms with E-state index in [1.807, 2.05) is 0 Å². The standard InChI is InChI=1S/C12H9NO3/c14-6-2-1-3-8-4-5-9-10(7-8)13-12(16)11(9)15/h1,3-7H,2H2,(H,13,15,16). The minimum Gasteiger partial charge on any atom is -0.318 e. The van der Waals surface area contributed by atoms with Crippen molar-refractivity contribution in [2.45, 2.75) is 6.42 Å². The largest absolute Gasteiger partial charge is 0.318 e. The maximum Gasteiger partial charge on any atom is 0.296 e. The Bertz CT molecular complexity index is 503. The molecule has 1 aliphatic heterocycles. The minimum absolute atomic E-state index is 0.350. The highest BCUT2D eigenvalue weighted by Gasteiger charge is 2.27. The van der Waals surface area contributed by atoms with Gasteiger partial charge in [0, 0.05) is 6.42 Å². The lowest BCUT2D eigenvalue weighted by molar-refractivity contribution is -0.112. The van der Waals surface area contributed by atoms with Crippen molar-refractivity contribution in [3.05, 3.63) is 35.4 Å². The van der Waals surface area contributed by atoms with Gasteiger partial charge in [0.2, 0.25) is 0 Å². The number of aldehydes is 1. The van der Waals surface area contributed by atoms with Crippen LogP contribution < -0.4 is 5.32 Å².